The molecule has 7 N–H and O–H groups in total. The highest BCUT2D eigenvalue weighted by Crippen LogP contribution is 2.01. The van der Waals surface area contributed by atoms with Gasteiger partial charge in [0.2, 0.25) is 11.8 Å². The second-order valence-electron chi connectivity index (χ2n) is 4.79. The average Bonchev–Trinajstić information content (AvgIpc) is 2.41. The number of nitrogens with two attached hydrogens (primary N) is 1. The maximum absolute atomic E-state index is 11.5. The molecule has 8 nitrogen and oxygen atoms in total. The minimum Gasteiger partial charge on any atom is -0.394 e. The van der Waals surface area contributed by atoms with Crippen LogP contribution in [0.25, 0.3) is 0 Å². The molecule has 0 saturated carbocycles. The number of carbonyl (C=O) groups is 2. The van der Waals surface area contributed by atoms with E-state index in [-0.39, 0.29) is 12.5 Å². The molecule has 8 heteroatoms. The summed E-state index contributed by atoms with van der Waals surface area (Å²) in [7, 11) is 0. The molecule has 0 aliphatic carbocycles. The van der Waals surface area contributed by atoms with Crippen LogP contribution in [0.4, 0.5) is 0 Å². The van der Waals surface area contributed by atoms with E-state index in [1.54, 1.807) is 13.8 Å². The molecular weight excluding hydrogens is 254 g/mol. The summed E-state index contributed by atoms with van der Waals surface area (Å²) in [6.07, 6.45) is 0. The van der Waals surface area contributed by atoms with Gasteiger partial charge in [0.1, 0.15) is 5.54 Å². The van der Waals surface area contributed by atoms with E-state index >= 15 is 0 Å². The number of aliphatic hydroxyl groups excluding tert-OH is 3. The molecule has 0 fully saturated rings. The predicted octanol–water partition coefficient (Wildman–Crippen LogP) is -3.08. The molecule has 0 aromatic heterocycles. The number of nitrogens with one attached hydrogen (secondary N) is 2. The van der Waals surface area contributed by atoms with E-state index in [9.17, 15) is 9.59 Å². The van der Waals surface area contributed by atoms with Gasteiger partial charge in [0, 0.05) is 0 Å². The van der Waals surface area contributed by atoms with Crippen molar-refractivity contribution < 1.29 is 24.9 Å². The summed E-state index contributed by atoms with van der Waals surface area (Å²) in [5.41, 5.74) is 4.09. The van der Waals surface area contributed by atoms with Crippen molar-refractivity contribution in [2.75, 3.05) is 26.4 Å². The smallest absolute Gasteiger partial charge is 0.240 e. The van der Waals surface area contributed by atoms with E-state index in [0.717, 1.165) is 0 Å². The van der Waals surface area contributed by atoms with Crippen LogP contribution in [0.5, 0.6) is 0 Å². The van der Waals surface area contributed by atoms with E-state index in [1.807, 2.05) is 0 Å². The fourth-order valence-corrected chi connectivity index (χ4v) is 1.20. The van der Waals surface area contributed by atoms with Crippen molar-refractivity contribution in [3.63, 3.8) is 0 Å². The molecule has 112 valence electrons. The monoisotopic (exact) mass is 277 g/mol. The highest BCUT2D eigenvalue weighted by molar-refractivity contribution is 5.87. The van der Waals surface area contributed by atoms with Crippen molar-refractivity contribution >= 4 is 11.8 Å². The van der Waals surface area contributed by atoms with E-state index in [0.29, 0.717) is 0 Å². The Morgan fingerprint density at radius 1 is 1.16 bits per heavy atom. The lowest BCUT2D eigenvalue weighted by Crippen LogP contribution is -2.59. The summed E-state index contributed by atoms with van der Waals surface area (Å²) >= 11 is 0. The molecule has 0 saturated heterocycles. The van der Waals surface area contributed by atoms with Gasteiger partial charge >= 0.3 is 0 Å². The average molecular weight is 277 g/mol. The van der Waals surface area contributed by atoms with E-state index < -0.39 is 43.2 Å². The molecule has 0 rings (SSSR count). The van der Waals surface area contributed by atoms with Crippen LogP contribution in [0.1, 0.15) is 13.8 Å². The molecule has 0 bridgehead atoms. The van der Waals surface area contributed by atoms with E-state index in [2.05, 4.69) is 10.6 Å². The van der Waals surface area contributed by atoms with Crippen LogP contribution in [0, 0.1) is 5.92 Å². The summed E-state index contributed by atoms with van der Waals surface area (Å²) in [5, 5.41) is 31.7. The van der Waals surface area contributed by atoms with Crippen molar-refractivity contribution in [1.29, 1.82) is 0 Å². The molecule has 0 aromatic carbocycles. The van der Waals surface area contributed by atoms with Gasteiger partial charge in [0.05, 0.1) is 32.4 Å². The van der Waals surface area contributed by atoms with Gasteiger partial charge in [-0.25, -0.2) is 0 Å². The Hall–Kier alpha value is -1.22. The van der Waals surface area contributed by atoms with Crippen LogP contribution in [0.15, 0.2) is 0 Å². The van der Waals surface area contributed by atoms with E-state index in [1.165, 1.54) is 0 Å². The molecule has 2 amide bonds. The number of amides is 2. The highest BCUT2D eigenvalue weighted by atomic mass is 16.3. The van der Waals surface area contributed by atoms with Crippen molar-refractivity contribution in [3.05, 3.63) is 0 Å². The summed E-state index contributed by atoms with van der Waals surface area (Å²) in [4.78, 5) is 23.0. The quantitative estimate of drug-likeness (QED) is 0.277. The first-order valence-electron chi connectivity index (χ1n) is 5.98. The Labute approximate surface area is 112 Å². The van der Waals surface area contributed by atoms with Gasteiger partial charge in [-0.1, -0.05) is 13.8 Å². The second kappa shape index (κ2) is 8.05. The van der Waals surface area contributed by atoms with Gasteiger partial charge in [-0.3, -0.25) is 9.59 Å². The Morgan fingerprint density at radius 3 is 2.00 bits per heavy atom. The van der Waals surface area contributed by atoms with Crippen molar-refractivity contribution in [3.8, 4) is 0 Å². The number of rotatable bonds is 8. The largest absolute Gasteiger partial charge is 0.394 e. The Kier molecular flexibility index (Phi) is 7.53. The van der Waals surface area contributed by atoms with Crippen LogP contribution in [0.3, 0.4) is 0 Å². The fourth-order valence-electron chi connectivity index (χ4n) is 1.20. The van der Waals surface area contributed by atoms with Gasteiger partial charge in [-0.15, -0.1) is 0 Å². The number of hydrogen-bond acceptors (Lipinski definition) is 6. The molecule has 1 atom stereocenters. The van der Waals surface area contributed by atoms with Crippen LogP contribution < -0.4 is 16.4 Å². The number of carbonyl (C=O) groups excluding carboxylic acids is 2. The molecule has 19 heavy (non-hydrogen) atoms. The lowest BCUT2D eigenvalue weighted by molar-refractivity contribution is -0.129. The zero-order valence-corrected chi connectivity index (χ0v) is 11.2. The minimum atomic E-state index is -1.50. The Morgan fingerprint density at radius 2 is 1.63 bits per heavy atom. The third-order valence-electron chi connectivity index (χ3n) is 2.76. The highest BCUT2D eigenvalue weighted by Gasteiger charge is 2.30. The molecule has 0 radical (unpaired) electrons. The molecule has 0 aromatic rings. The first-order valence-corrected chi connectivity index (χ1v) is 5.98. The summed E-state index contributed by atoms with van der Waals surface area (Å²) in [5.74, 6) is -1.16. The SMILES string of the molecule is CC(C)[C@H](N)C(=O)NCC(=O)NC(CO)(CO)CO. The van der Waals surface area contributed by atoms with Crippen LogP contribution in [-0.4, -0.2) is 65.1 Å². The minimum absolute atomic E-state index is 0.0607. The standard InChI is InChI=1S/C11H23N3O5/c1-7(2)9(12)10(19)13-3-8(18)14-11(4-15,5-16)6-17/h7,9,15-17H,3-6,12H2,1-2H3,(H,13,19)(H,14,18)/t9-/m0/s1. The van der Waals surface area contributed by atoms with Crippen LogP contribution in [-0.2, 0) is 9.59 Å². The summed E-state index contributed by atoms with van der Waals surface area (Å²) < 4.78 is 0. The lowest BCUT2D eigenvalue weighted by Gasteiger charge is -2.28. The fraction of sp³-hybridized carbons (Fsp3) is 0.818. The summed E-state index contributed by atoms with van der Waals surface area (Å²) in [6, 6.07) is -0.717. The van der Waals surface area contributed by atoms with Crippen LogP contribution >= 0.6 is 0 Å². The molecule has 0 aliphatic heterocycles. The van der Waals surface area contributed by atoms with Crippen molar-refractivity contribution in [1.82, 2.24) is 10.6 Å². The maximum Gasteiger partial charge on any atom is 0.240 e. The van der Waals surface area contributed by atoms with Gasteiger partial charge < -0.3 is 31.7 Å². The molecule has 0 spiro atoms. The maximum atomic E-state index is 11.5. The first-order chi connectivity index (χ1) is 8.81. The summed E-state index contributed by atoms with van der Waals surface area (Å²) in [6.45, 7) is 1.35. The molecule has 0 aliphatic rings. The van der Waals surface area contributed by atoms with Gasteiger partial charge in [0.15, 0.2) is 0 Å². The number of hydrogen-bond donors (Lipinski definition) is 6. The first kappa shape index (κ1) is 17.8. The normalized spacial score (nSPS) is 13.2. The number of aliphatic hydroxyl groups is 3. The van der Waals surface area contributed by atoms with Crippen molar-refractivity contribution in [2.24, 2.45) is 11.7 Å². The molecular formula is C11H23N3O5. The topological polar surface area (TPSA) is 145 Å². The van der Waals surface area contributed by atoms with Crippen LogP contribution in [0.2, 0.25) is 0 Å². The van der Waals surface area contributed by atoms with Gasteiger partial charge in [-0.05, 0) is 5.92 Å². The Balaban J connectivity index is 4.29. The Bertz CT molecular complexity index is 296. The van der Waals surface area contributed by atoms with Gasteiger partial charge in [-0.2, -0.15) is 0 Å². The predicted molar refractivity (Wildman–Crippen MR) is 68.0 cm³/mol. The lowest BCUT2D eigenvalue weighted by atomic mass is 10.0. The third-order valence-corrected chi connectivity index (χ3v) is 2.76. The second-order valence-corrected chi connectivity index (χ2v) is 4.79. The molecule has 0 heterocycles. The zero-order chi connectivity index (χ0) is 15.1. The molecule has 0 unspecified atom stereocenters. The zero-order valence-electron chi connectivity index (χ0n) is 11.2. The third kappa shape index (κ3) is 5.52. The van der Waals surface area contributed by atoms with Gasteiger partial charge in [0.25, 0.3) is 0 Å². The van der Waals surface area contributed by atoms with Crippen molar-refractivity contribution in [2.45, 2.75) is 25.4 Å². The van der Waals surface area contributed by atoms with E-state index in [4.69, 9.17) is 21.1 Å².